The van der Waals surface area contributed by atoms with E-state index in [1.165, 1.54) is 12.1 Å². The SMILES string of the molecule is CCCCc1cnc(-c2cc(F)c(CC)c(F)c2)c(-c2ccccc2)n1. The summed E-state index contributed by atoms with van der Waals surface area (Å²) >= 11 is 0. The summed E-state index contributed by atoms with van der Waals surface area (Å²) in [5.41, 5.74) is 3.43. The zero-order valence-electron chi connectivity index (χ0n) is 15.1. The van der Waals surface area contributed by atoms with Crippen molar-refractivity contribution in [2.45, 2.75) is 39.5 Å². The molecular weight excluding hydrogens is 330 g/mol. The molecule has 0 aliphatic heterocycles. The predicted octanol–water partition coefficient (Wildman–Crippen LogP) is 5.99. The van der Waals surface area contributed by atoms with Crippen LogP contribution in [0, 0.1) is 11.6 Å². The van der Waals surface area contributed by atoms with Gasteiger partial charge in [0.05, 0.1) is 17.1 Å². The highest BCUT2D eigenvalue weighted by molar-refractivity contribution is 5.78. The Bertz CT molecular complexity index is 869. The second kappa shape index (κ2) is 8.17. The van der Waals surface area contributed by atoms with E-state index in [-0.39, 0.29) is 5.56 Å². The van der Waals surface area contributed by atoms with Crippen LogP contribution in [0.1, 0.15) is 37.9 Å². The number of benzene rings is 2. The van der Waals surface area contributed by atoms with E-state index < -0.39 is 11.6 Å². The van der Waals surface area contributed by atoms with E-state index in [9.17, 15) is 8.78 Å². The second-order valence-corrected chi connectivity index (χ2v) is 6.30. The fourth-order valence-corrected chi connectivity index (χ4v) is 2.99. The van der Waals surface area contributed by atoms with E-state index in [0.29, 0.717) is 23.4 Å². The predicted molar refractivity (Wildman–Crippen MR) is 101 cm³/mol. The number of hydrogen-bond donors (Lipinski definition) is 0. The molecule has 26 heavy (non-hydrogen) atoms. The van der Waals surface area contributed by atoms with Crippen LogP contribution in [0.15, 0.2) is 48.7 Å². The molecule has 134 valence electrons. The summed E-state index contributed by atoms with van der Waals surface area (Å²) in [6, 6.07) is 12.3. The number of unbranched alkanes of at least 4 members (excludes halogenated alkanes) is 1. The van der Waals surface area contributed by atoms with Gasteiger partial charge in [0.2, 0.25) is 0 Å². The minimum absolute atomic E-state index is 0.0996. The van der Waals surface area contributed by atoms with Crippen LogP contribution in [0.4, 0.5) is 8.78 Å². The Morgan fingerprint density at radius 3 is 2.19 bits per heavy atom. The molecule has 0 aliphatic rings. The third-order valence-electron chi connectivity index (χ3n) is 4.42. The van der Waals surface area contributed by atoms with E-state index in [1.54, 1.807) is 13.1 Å². The van der Waals surface area contributed by atoms with Crippen LogP contribution in [0.3, 0.4) is 0 Å². The number of aryl methyl sites for hydroxylation is 1. The first-order valence-corrected chi connectivity index (χ1v) is 9.03. The standard InChI is InChI=1S/C22H22F2N2/c1-3-5-11-17-14-25-21(22(26-17)15-9-7-6-8-10-15)16-12-19(23)18(4-2)20(24)13-16/h6-10,12-14H,3-5,11H2,1-2H3. The van der Waals surface area contributed by atoms with Gasteiger partial charge in [-0.2, -0.15) is 0 Å². The monoisotopic (exact) mass is 352 g/mol. The number of halogens is 2. The fourth-order valence-electron chi connectivity index (χ4n) is 2.99. The Morgan fingerprint density at radius 1 is 0.885 bits per heavy atom. The Labute approximate surface area is 153 Å². The molecule has 0 atom stereocenters. The van der Waals surface area contributed by atoms with Crippen LogP contribution >= 0.6 is 0 Å². The molecule has 4 heteroatoms. The van der Waals surface area contributed by atoms with Gasteiger partial charge in [0.15, 0.2) is 0 Å². The zero-order valence-corrected chi connectivity index (χ0v) is 15.1. The molecule has 2 aromatic carbocycles. The number of aromatic nitrogens is 2. The Hall–Kier alpha value is -2.62. The molecular formula is C22H22F2N2. The van der Waals surface area contributed by atoms with E-state index >= 15 is 0 Å². The van der Waals surface area contributed by atoms with Crippen LogP contribution in [-0.2, 0) is 12.8 Å². The molecule has 2 nitrogen and oxygen atoms in total. The summed E-state index contributed by atoms with van der Waals surface area (Å²) in [6.07, 6.45) is 4.95. The molecule has 0 bridgehead atoms. The van der Waals surface area contributed by atoms with Crippen molar-refractivity contribution in [1.29, 1.82) is 0 Å². The summed E-state index contributed by atoms with van der Waals surface area (Å²) in [5.74, 6) is -1.09. The fraction of sp³-hybridized carbons (Fsp3) is 0.273. The van der Waals surface area contributed by atoms with Gasteiger partial charge in [-0.25, -0.2) is 13.8 Å². The largest absolute Gasteiger partial charge is 0.252 e. The van der Waals surface area contributed by atoms with Crippen LogP contribution in [0.2, 0.25) is 0 Å². The number of hydrogen-bond acceptors (Lipinski definition) is 2. The summed E-state index contributed by atoms with van der Waals surface area (Å²) in [4.78, 5) is 9.27. The first-order chi connectivity index (χ1) is 12.6. The van der Waals surface area contributed by atoms with Gasteiger partial charge in [-0.1, -0.05) is 50.6 Å². The van der Waals surface area contributed by atoms with E-state index in [0.717, 1.165) is 30.5 Å². The molecule has 1 heterocycles. The van der Waals surface area contributed by atoms with Gasteiger partial charge < -0.3 is 0 Å². The topological polar surface area (TPSA) is 25.8 Å². The first kappa shape index (κ1) is 18.2. The molecule has 0 amide bonds. The molecule has 0 aliphatic carbocycles. The van der Waals surface area contributed by atoms with Gasteiger partial charge in [0.1, 0.15) is 11.6 Å². The molecule has 3 aromatic rings. The highest BCUT2D eigenvalue weighted by Crippen LogP contribution is 2.31. The molecule has 0 unspecified atom stereocenters. The van der Waals surface area contributed by atoms with E-state index in [4.69, 9.17) is 4.98 Å². The lowest BCUT2D eigenvalue weighted by atomic mass is 10.0. The molecule has 3 rings (SSSR count). The summed E-state index contributed by atoms with van der Waals surface area (Å²) in [5, 5.41) is 0. The van der Waals surface area contributed by atoms with Gasteiger partial charge in [-0.05, 0) is 31.4 Å². The third-order valence-corrected chi connectivity index (χ3v) is 4.42. The van der Waals surface area contributed by atoms with E-state index in [2.05, 4.69) is 11.9 Å². The van der Waals surface area contributed by atoms with Gasteiger partial charge >= 0.3 is 0 Å². The van der Waals surface area contributed by atoms with Crippen molar-refractivity contribution in [2.24, 2.45) is 0 Å². The highest BCUT2D eigenvalue weighted by Gasteiger charge is 2.16. The lowest BCUT2D eigenvalue weighted by Crippen LogP contribution is -2.01. The van der Waals surface area contributed by atoms with Gasteiger partial charge in [0.25, 0.3) is 0 Å². The van der Waals surface area contributed by atoms with Crippen molar-refractivity contribution in [1.82, 2.24) is 9.97 Å². The minimum atomic E-state index is -0.543. The Kier molecular flexibility index (Phi) is 5.71. The number of rotatable bonds is 6. The van der Waals surface area contributed by atoms with Gasteiger partial charge in [-0.3, -0.25) is 4.98 Å². The van der Waals surface area contributed by atoms with Crippen molar-refractivity contribution in [3.05, 3.63) is 71.6 Å². The maximum Gasteiger partial charge on any atom is 0.129 e. The molecule has 0 saturated carbocycles. The maximum atomic E-state index is 14.3. The second-order valence-electron chi connectivity index (χ2n) is 6.30. The van der Waals surface area contributed by atoms with Crippen LogP contribution in [0.25, 0.3) is 22.5 Å². The molecule has 1 aromatic heterocycles. The quantitative estimate of drug-likeness (QED) is 0.544. The third kappa shape index (κ3) is 3.79. The Morgan fingerprint density at radius 2 is 1.58 bits per heavy atom. The Balaban J connectivity index is 2.15. The maximum absolute atomic E-state index is 14.3. The lowest BCUT2D eigenvalue weighted by molar-refractivity contribution is 0.559. The summed E-state index contributed by atoms with van der Waals surface area (Å²) < 4.78 is 28.6. The van der Waals surface area contributed by atoms with Crippen molar-refractivity contribution in [2.75, 3.05) is 0 Å². The highest BCUT2D eigenvalue weighted by atomic mass is 19.1. The first-order valence-electron chi connectivity index (χ1n) is 9.03. The average molecular weight is 352 g/mol. The molecule has 0 saturated heterocycles. The van der Waals surface area contributed by atoms with Crippen molar-refractivity contribution in [3.63, 3.8) is 0 Å². The minimum Gasteiger partial charge on any atom is -0.252 e. The molecule has 0 radical (unpaired) electrons. The number of nitrogens with zero attached hydrogens (tertiary/aromatic N) is 2. The normalized spacial score (nSPS) is 10.9. The molecule has 0 spiro atoms. The summed E-state index contributed by atoms with van der Waals surface area (Å²) in [7, 11) is 0. The zero-order chi connectivity index (χ0) is 18.5. The smallest absolute Gasteiger partial charge is 0.129 e. The van der Waals surface area contributed by atoms with Crippen molar-refractivity contribution in [3.8, 4) is 22.5 Å². The van der Waals surface area contributed by atoms with Gasteiger partial charge in [0, 0.05) is 22.9 Å². The lowest BCUT2D eigenvalue weighted by Gasteiger charge is -2.12. The van der Waals surface area contributed by atoms with Crippen LogP contribution in [0.5, 0.6) is 0 Å². The average Bonchev–Trinajstić information content (AvgIpc) is 2.66. The summed E-state index contributed by atoms with van der Waals surface area (Å²) in [6.45, 7) is 3.86. The van der Waals surface area contributed by atoms with E-state index in [1.807, 2.05) is 30.3 Å². The van der Waals surface area contributed by atoms with Crippen molar-refractivity contribution >= 4 is 0 Å². The van der Waals surface area contributed by atoms with Crippen LogP contribution in [-0.4, -0.2) is 9.97 Å². The molecule has 0 N–H and O–H groups in total. The van der Waals surface area contributed by atoms with Gasteiger partial charge in [-0.15, -0.1) is 0 Å². The van der Waals surface area contributed by atoms with Crippen molar-refractivity contribution < 1.29 is 8.78 Å². The van der Waals surface area contributed by atoms with Crippen LogP contribution < -0.4 is 0 Å². The molecule has 0 fully saturated rings.